The molecule has 1 N–H and O–H groups in total. The van der Waals surface area contributed by atoms with E-state index in [-0.39, 0.29) is 12.7 Å². The van der Waals surface area contributed by atoms with Gasteiger partial charge in [-0.1, -0.05) is 11.2 Å². The predicted octanol–water partition coefficient (Wildman–Crippen LogP) is 2.64. The van der Waals surface area contributed by atoms with Crippen LogP contribution in [0.2, 0.25) is 0 Å². The minimum Gasteiger partial charge on any atom is -0.454 e. The van der Waals surface area contributed by atoms with Crippen molar-refractivity contribution in [2.24, 2.45) is 5.11 Å². The standard InChI is InChI=1S/C14H16N4O3/c15-18-17-8-2-1-7-16-14(19)6-4-11-3-5-12-13(9-11)21-10-20-12/h3-6,9H,1-2,7-8,10H2,(H,16,19)/b6-4+. The highest BCUT2D eigenvalue weighted by Gasteiger charge is 2.12. The number of hydrogen-bond acceptors (Lipinski definition) is 4. The van der Waals surface area contributed by atoms with Crippen molar-refractivity contribution in [1.29, 1.82) is 0 Å². The summed E-state index contributed by atoms with van der Waals surface area (Å²) in [4.78, 5) is 14.3. The molecule has 0 radical (unpaired) electrons. The zero-order chi connectivity index (χ0) is 14.9. The summed E-state index contributed by atoms with van der Waals surface area (Å²) in [5, 5.41) is 6.19. The van der Waals surface area contributed by atoms with E-state index in [4.69, 9.17) is 15.0 Å². The van der Waals surface area contributed by atoms with E-state index in [9.17, 15) is 4.79 Å². The van der Waals surface area contributed by atoms with E-state index in [1.165, 1.54) is 6.08 Å². The van der Waals surface area contributed by atoms with Crippen LogP contribution in [-0.4, -0.2) is 25.8 Å². The molecule has 0 saturated heterocycles. The molecule has 1 aromatic rings. The topological polar surface area (TPSA) is 96.3 Å². The van der Waals surface area contributed by atoms with Crippen LogP contribution >= 0.6 is 0 Å². The molecule has 0 unspecified atom stereocenters. The molecule has 21 heavy (non-hydrogen) atoms. The fraction of sp³-hybridized carbons (Fsp3) is 0.357. The first-order chi connectivity index (χ1) is 10.3. The van der Waals surface area contributed by atoms with Gasteiger partial charge in [0.15, 0.2) is 11.5 Å². The summed E-state index contributed by atoms with van der Waals surface area (Å²) in [6, 6.07) is 5.50. The normalized spacial score (nSPS) is 12.2. The number of carbonyl (C=O) groups is 1. The molecule has 0 bridgehead atoms. The van der Waals surface area contributed by atoms with E-state index >= 15 is 0 Å². The van der Waals surface area contributed by atoms with Crippen LogP contribution in [0.5, 0.6) is 11.5 Å². The zero-order valence-corrected chi connectivity index (χ0v) is 11.5. The number of rotatable bonds is 7. The number of ether oxygens (including phenoxy) is 2. The van der Waals surface area contributed by atoms with Crippen LogP contribution in [0.15, 0.2) is 29.4 Å². The molecular formula is C14H16N4O3. The van der Waals surface area contributed by atoms with Gasteiger partial charge in [0.05, 0.1) is 0 Å². The van der Waals surface area contributed by atoms with Gasteiger partial charge in [-0.05, 0) is 42.1 Å². The lowest BCUT2D eigenvalue weighted by Crippen LogP contribution is -2.22. The van der Waals surface area contributed by atoms with Crippen LogP contribution in [0.4, 0.5) is 0 Å². The predicted molar refractivity (Wildman–Crippen MR) is 77.9 cm³/mol. The van der Waals surface area contributed by atoms with Crippen molar-refractivity contribution in [3.63, 3.8) is 0 Å². The first kappa shape index (κ1) is 14.7. The van der Waals surface area contributed by atoms with Gasteiger partial charge in [0.1, 0.15) is 0 Å². The summed E-state index contributed by atoms with van der Waals surface area (Å²) in [6.45, 7) is 1.25. The minimum absolute atomic E-state index is 0.156. The minimum atomic E-state index is -0.156. The zero-order valence-electron chi connectivity index (χ0n) is 11.5. The Morgan fingerprint density at radius 3 is 3.10 bits per heavy atom. The molecule has 2 rings (SSSR count). The van der Waals surface area contributed by atoms with Gasteiger partial charge in [-0.2, -0.15) is 0 Å². The second-order valence-electron chi connectivity index (χ2n) is 4.40. The highest BCUT2D eigenvalue weighted by Crippen LogP contribution is 2.32. The number of carbonyl (C=O) groups excluding carboxylic acids is 1. The van der Waals surface area contributed by atoms with E-state index in [0.717, 1.165) is 24.2 Å². The third kappa shape index (κ3) is 4.74. The van der Waals surface area contributed by atoms with Crippen LogP contribution in [0.25, 0.3) is 16.5 Å². The first-order valence-corrected chi connectivity index (χ1v) is 6.66. The number of benzene rings is 1. The summed E-state index contributed by atoms with van der Waals surface area (Å²) in [7, 11) is 0. The Labute approximate surface area is 122 Å². The largest absolute Gasteiger partial charge is 0.454 e. The monoisotopic (exact) mass is 288 g/mol. The molecule has 1 aliphatic rings. The van der Waals surface area contributed by atoms with Crippen molar-refractivity contribution < 1.29 is 14.3 Å². The van der Waals surface area contributed by atoms with Crippen molar-refractivity contribution in [3.05, 3.63) is 40.3 Å². The Morgan fingerprint density at radius 2 is 2.24 bits per heavy atom. The van der Waals surface area contributed by atoms with Gasteiger partial charge in [0.25, 0.3) is 0 Å². The lowest BCUT2D eigenvalue weighted by atomic mass is 10.2. The van der Waals surface area contributed by atoms with Gasteiger partial charge in [-0.15, -0.1) is 0 Å². The average Bonchev–Trinajstić information content (AvgIpc) is 2.96. The van der Waals surface area contributed by atoms with Crippen molar-refractivity contribution >= 4 is 12.0 Å². The van der Waals surface area contributed by atoms with Gasteiger partial charge in [-0.3, -0.25) is 4.79 Å². The molecule has 1 heterocycles. The molecule has 1 amide bonds. The second-order valence-corrected chi connectivity index (χ2v) is 4.40. The molecule has 1 aliphatic heterocycles. The Balaban J connectivity index is 1.73. The highest BCUT2D eigenvalue weighted by molar-refractivity contribution is 5.91. The fourth-order valence-corrected chi connectivity index (χ4v) is 1.81. The number of unbranched alkanes of at least 4 members (excludes halogenated alkanes) is 1. The number of amides is 1. The van der Waals surface area contributed by atoms with E-state index in [0.29, 0.717) is 18.8 Å². The average molecular weight is 288 g/mol. The lowest BCUT2D eigenvalue weighted by molar-refractivity contribution is -0.116. The smallest absolute Gasteiger partial charge is 0.243 e. The van der Waals surface area contributed by atoms with Crippen LogP contribution in [0.3, 0.4) is 0 Å². The molecular weight excluding hydrogens is 272 g/mol. The van der Waals surface area contributed by atoms with E-state index in [1.54, 1.807) is 6.08 Å². The van der Waals surface area contributed by atoms with E-state index in [2.05, 4.69) is 15.3 Å². The van der Waals surface area contributed by atoms with Crippen LogP contribution in [0.1, 0.15) is 18.4 Å². The summed E-state index contributed by atoms with van der Waals surface area (Å²) in [5.74, 6) is 1.25. The fourth-order valence-electron chi connectivity index (χ4n) is 1.81. The third-order valence-corrected chi connectivity index (χ3v) is 2.87. The van der Waals surface area contributed by atoms with Crippen molar-refractivity contribution in [2.75, 3.05) is 19.9 Å². The molecule has 0 spiro atoms. The summed E-state index contributed by atoms with van der Waals surface area (Å²) >= 11 is 0. The highest BCUT2D eigenvalue weighted by atomic mass is 16.7. The molecule has 7 nitrogen and oxygen atoms in total. The Bertz CT molecular complexity index is 580. The quantitative estimate of drug-likeness (QED) is 0.274. The summed E-state index contributed by atoms with van der Waals surface area (Å²) < 4.78 is 10.5. The summed E-state index contributed by atoms with van der Waals surface area (Å²) in [5.41, 5.74) is 8.98. The molecule has 1 aromatic carbocycles. The number of nitrogens with one attached hydrogen (secondary N) is 1. The van der Waals surface area contributed by atoms with Crippen LogP contribution < -0.4 is 14.8 Å². The van der Waals surface area contributed by atoms with Gasteiger partial charge < -0.3 is 14.8 Å². The number of hydrogen-bond donors (Lipinski definition) is 1. The maximum atomic E-state index is 11.6. The Morgan fingerprint density at radius 1 is 1.38 bits per heavy atom. The summed E-state index contributed by atoms with van der Waals surface area (Å²) in [6.07, 6.45) is 4.74. The van der Waals surface area contributed by atoms with Gasteiger partial charge in [0, 0.05) is 24.1 Å². The van der Waals surface area contributed by atoms with Crippen molar-refractivity contribution in [3.8, 4) is 11.5 Å². The maximum Gasteiger partial charge on any atom is 0.243 e. The Kier molecular flexibility index (Phi) is 5.49. The molecule has 7 heteroatoms. The van der Waals surface area contributed by atoms with Crippen LogP contribution in [0, 0.1) is 0 Å². The van der Waals surface area contributed by atoms with Crippen molar-refractivity contribution in [2.45, 2.75) is 12.8 Å². The number of azide groups is 1. The second kappa shape index (κ2) is 7.81. The first-order valence-electron chi connectivity index (χ1n) is 6.66. The number of nitrogens with zero attached hydrogens (tertiary/aromatic N) is 3. The molecule has 110 valence electrons. The van der Waals surface area contributed by atoms with Gasteiger partial charge in [-0.25, -0.2) is 0 Å². The third-order valence-electron chi connectivity index (χ3n) is 2.87. The van der Waals surface area contributed by atoms with Gasteiger partial charge >= 0.3 is 0 Å². The molecule has 0 saturated carbocycles. The Hall–Kier alpha value is -2.66. The molecule has 0 aliphatic carbocycles. The SMILES string of the molecule is [N-]=[N+]=NCCCCNC(=O)/C=C/c1ccc2c(c1)OCO2. The van der Waals surface area contributed by atoms with E-state index in [1.807, 2.05) is 18.2 Å². The molecule has 0 atom stereocenters. The van der Waals surface area contributed by atoms with Crippen LogP contribution in [-0.2, 0) is 4.79 Å². The van der Waals surface area contributed by atoms with Crippen molar-refractivity contribution in [1.82, 2.24) is 5.32 Å². The molecule has 0 fully saturated rings. The van der Waals surface area contributed by atoms with E-state index < -0.39 is 0 Å². The lowest BCUT2D eigenvalue weighted by Gasteiger charge is -2.01. The maximum absolute atomic E-state index is 11.6. The van der Waals surface area contributed by atoms with Gasteiger partial charge in [0.2, 0.25) is 12.7 Å². The molecule has 0 aromatic heterocycles. The number of fused-ring (bicyclic) bond motifs is 1.